The summed E-state index contributed by atoms with van der Waals surface area (Å²) in [4.78, 5) is 4.34. The Morgan fingerprint density at radius 2 is 1.68 bits per heavy atom. The van der Waals surface area contributed by atoms with Gasteiger partial charge in [0.15, 0.2) is 11.6 Å². The van der Waals surface area contributed by atoms with Crippen LogP contribution in [0.1, 0.15) is 5.76 Å². The molecule has 0 saturated carbocycles. The molecule has 0 aliphatic rings. The van der Waals surface area contributed by atoms with Gasteiger partial charge < -0.3 is 14.9 Å². The Kier molecular flexibility index (Phi) is 3.92. The lowest BCUT2D eigenvalue weighted by Gasteiger charge is -2.01. The summed E-state index contributed by atoms with van der Waals surface area (Å²) in [5.74, 6) is 2.45. The summed E-state index contributed by atoms with van der Waals surface area (Å²) >= 11 is 0. The van der Waals surface area contributed by atoms with Crippen molar-refractivity contribution in [2.45, 2.75) is 0 Å². The molecule has 0 atom stereocenters. The second kappa shape index (κ2) is 6.18. The fourth-order valence-corrected chi connectivity index (χ4v) is 2.08. The summed E-state index contributed by atoms with van der Waals surface area (Å²) in [5.41, 5.74) is 7.75. The van der Waals surface area contributed by atoms with Crippen LogP contribution in [0.15, 0.2) is 76.1 Å². The summed E-state index contributed by atoms with van der Waals surface area (Å²) in [6.45, 7) is 0. The van der Waals surface area contributed by atoms with Gasteiger partial charge in [-0.2, -0.15) is 0 Å². The maximum atomic E-state index is 6.00. The number of aliphatic imine (C=N–C) groups is 1. The molecule has 0 amide bonds. The minimum absolute atomic E-state index is 0.353. The van der Waals surface area contributed by atoms with Crippen molar-refractivity contribution in [3.63, 3.8) is 0 Å². The highest BCUT2D eigenvalue weighted by atomic mass is 16.5. The Balaban J connectivity index is 1.85. The van der Waals surface area contributed by atoms with E-state index in [1.54, 1.807) is 7.11 Å². The van der Waals surface area contributed by atoms with Gasteiger partial charge in [-0.1, -0.05) is 18.2 Å². The SMILES string of the molecule is COc1ccc(-c2ccc(C(N)=Nc3ccccc3)o2)cc1. The number of methoxy groups -OCH3 is 1. The Morgan fingerprint density at radius 1 is 0.955 bits per heavy atom. The molecule has 0 spiro atoms. The average molecular weight is 292 g/mol. The minimum Gasteiger partial charge on any atom is -0.497 e. The predicted molar refractivity (Wildman–Crippen MR) is 87.5 cm³/mol. The average Bonchev–Trinajstić information content (AvgIpc) is 3.06. The molecular formula is C18H16N2O2. The van der Waals surface area contributed by atoms with Crippen LogP contribution in [0.4, 0.5) is 5.69 Å². The van der Waals surface area contributed by atoms with E-state index >= 15 is 0 Å². The fraction of sp³-hybridized carbons (Fsp3) is 0.0556. The normalized spacial score (nSPS) is 11.4. The van der Waals surface area contributed by atoms with Gasteiger partial charge >= 0.3 is 0 Å². The zero-order valence-corrected chi connectivity index (χ0v) is 12.2. The van der Waals surface area contributed by atoms with Crippen molar-refractivity contribution in [1.82, 2.24) is 0 Å². The number of nitrogens with two attached hydrogens (primary N) is 1. The van der Waals surface area contributed by atoms with E-state index in [-0.39, 0.29) is 0 Å². The lowest BCUT2D eigenvalue weighted by Crippen LogP contribution is -2.11. The molecule has 22 heavy (non-hydrogen) atoms. The van der Waals surface area contributed by atoms with Gasteiger partial charge in [0.1, 0.15) is 11.5 Å². The Labute approximate surface area is 128 Å². The van der Waals surface area contributed by atoms with E-state index < -0.39 is 0 Å². The molecule has 0 saturated heterocycles. The quantitative estimate of drug-likeness (QED) is 0.584. The Morgan fingerprint density at radius 3 is 2.36 bits per heavy atom. The first-order chi connectivity index (χ1) is 10.8. The zero-order valence-electron chi connectivity index (χ0n) is 12.2. The molecule has 0 radical (unpaired) electrons. The van der Waals surface area contributed by atoms with Gasteiger partial charge in [0.25, 0.3) is 0 Å². The number of hydrogen-bond acceptors (Lipinski definition) is 3. The van der Waals surface area contributed by atoms with Gasteiger partial charge in [-0.05, 0) is 48.5 Å². The van der Waals surface area contributed by atoms with E-state index in [9.17, 15) is 0 Å². The maximum absolute atomic E-state index is 6.00. The standard InChI is InChI=1S/C18H16N2O2/c1-21-15-9-7-13(8-10-15)16-11-12-17(22-16)18(19)20-14-5-3-2-4-6-14/h2-12H,1H3,(H2,19,20). The van der Waals surface area contributed by atoms with Gasteiger partial charge in [-0.25, -0.2) is 4.99 Å². The van der Waals surface area contributed by atoms with E-state index in [2.05, 4.69) is 4.99 Å². The number of para-hydroxylation sites is 1. The minimum atomic E-state index is 0.353. The van der Waals surface area contributed by atoms with Gasteiger partial charge in [-0.15, -0.1) is 0 Å². The summed E-state index contributed by atoms with van der Waals surface area (Å²) in [6.07, 6.45) is 0. The van der Waals surface area contributed by atoms with E-state index in [0.29, 0.717) is 11.6 Å². The first kappa shape index (κ1) is 13.9. The van der Waals surface area contributed by atoms with E-state index in [1.165, 1.54) is 0 Å². The van der Waals surface area contributed by atoms with E-state index in [1.807, 2.05) is 66.7 Å². The maximum Gasteiger partial charge on any atom is 0.169 e. The van der Waals surface area contributed by atoms with Crippen LogP contribution in [0.5, 0.6) is 5.75 Å². The monoisotopic (exact) mass is 292 g/mol. The number of hydrogen-bond donors (Lipinski definition) is 1. The number of rotatable bonds is 4. The molecule has 1 aromatic heterocycles. The number of furan rings is 1. The Hall–Kier alpha value is -3.01. The van der Waals surface area contributed by atoms with Gasteiger partial charge in [0.05, 0.1) is 12.8 Å². The van der Waals surface area contributed by atoms with E-state index in [4.69, 9.17) is 14.9 Å². The van der Waals surface area contributed by atoms with Crippen molar-refractivity contribution in [3.8, 4) is 17.1 Å². The molecule has 3 rings (SSSR count). The summed E-state index contributed by atoms with van der Waals surface area (Å²) < 4.78 is 10.9. The molecule has 0 fully saturated rings. The molecule has 0 aliphatic carbocycles. The van der Waals surface area contributed by atoms with E-state index in [0.717, 1.165) is 22.8 Å². The molecule has 0 aliphatic heterocycles. The highest BCUT2D eigenvalue weighted by Gasteiger charge is 2.08. The lowest BCUT2D eigenvalue weighted by molar-refractivity contribution is 0.415. The zero-order chi connectivity index (χ0) is 15.4. The molecule has 3 aromatic rings. The first-order valence-electron chi connectivity index (χ1n) is 6.90. The van der Waals surface area contributed by atoms with Crippen LogP contribution < -0.4 is 10.5 Å². The molecule has 2 aromatic carbocycles. The van der Waals surface area contributed by atoms with Crippen molar-refractivity contribution in [2.24, 2.45) is 10.7 Å². The molecule has 4 nitrogen and oxygen atoms in total. The third-order valence-corrected chi connectivity index (χ3v) is 3.24. The predicted octanol–water partition coefficient (Wildman–Crippen LogP) is 3.99. The van der Waals surface area contributed by atoms with Crippen LogP contribution >= 0.6 is 0 Å². The van der Waals surface area contributed by atoms with Crippen LogP contribution in [0, 0.1) is 0 Å². The topological polar surface area (TPSA) is 60.8 Å². The second-order valence-corrected chi connectivity index (χ2v) is 4.72. The number of benzene rings is 2. The van der Waals surface area contributed by atoms with Crippen LogP contribution in [0.2, 0.25) is 0 Å². The number of amidine groups is 1. The molecule has 1 heterocycles. The van der Waals surface area contributed by atoms with Crippen LogP contribution in [-0.2, 0) is 0 Å². The molecular weight excluding hydrogens is 276 g/mol. The second-order valence-electron chi connectivity index (χ2n) is 4.72. The van der Waals surface area contributed by atoms with Crippen LogP contribution in [0.3, 0.4) is 0 Å². The van der Waals surface area contributed by atoms with Crippen molar-refractivity contribution >= 4 is 11.5 Å². The summed E-state index contributed by atoms with van der Waals surface area (Å²) in [5, 5.41) is 0. The smallest absolute Gasteiger partial charge is 0.169 e. The van der Waals surface area contributed by atoms with Crippen molar-refractivity contribution in [2.75, 3.05) is 7.11 Å². The van der Waals surface area contributed by atoms with Crippen LogP contribution in [0.25, 0.3) is 11.3 Å². The summed E-state index contributed by atoms with van der Waals surface area (Å²) in [7, 11) is 1.64. The fourth-order valence-electron chi connectivity index (χ4n) is 2.08. The lowest BCUT2D eigenvalue weighted by atomic mass is 10.2. The highest BCUT2D eigenvalue weighted by molar-refractivity contribution is 5.97. The third kappa shape index (κ3) is 3.01. The van der Waals surface area contributed by atoms with Gasteiger partial charge in [-0.3, -0.25) is 0 Å². The Bertz CT molecular complexity index is 774. The van der Waals surface area contributed by atoms with Gasteiger partial charge in [0.2, 0.25) is 0 Å². The van der Waals surface area contributed by atoms with Gasteiger partial charge in [0, 0.05) is 5.56 Å². The van der Waals surface area contributed by atoms with Crippen molar-refractivity contribution < 1.29 is 9.15 Å². The molecule has 4 heteroatoms. The van der Waals surface area contributed by atoms with Crippen LogP contribution in [-0.4, -0.2) is 12.9 Å². The summed E-state index contributed by atoms with van der Waals surface area (Å²) in [6, 6.07) is 20.9. The molecule has 0 bridgehead atoms. The van der Waals surface area contributed by atoms with Crippen molar-refractivity contribution in [3.05, 3.63) is 72.5 Å². The largest absolute Gasteiger partial charge is 0.497 e. The number of nitrogens with zero attached hydrogens (tertiary/aromatic N) is 1. The molecule has 0 unspecified atom stereocenters. The first-order valence-corrected chi connectivity index (χ1v) is 6.90. The molecule has 110 valence electrons. The highest BCUT2D eigenvalue weighted by Crippen LogP contribution is 2.24. The third-order valence-electron chi connectivity index (χ3n) is 3.24. The van der Waals surface area contributed by atoms with Crippen molar-refractivity contribution in [1.29, 1.82) is 0 Å². The number of ether oxygens (including phenoxy) is 1. The molecule has 2 N–H and O–H groups in total.